The summed E-state index contributed by atoms with van der Waals surface area (Å²) in [6, 6.07) is 0. The number of hydrogen-bond donors (Lipinski definition) is 1. The Hall–Kier alpha value is -0.600. The molecule has 1 unspecified atom stereocenters. The predicted molar refractivity (Wildman–Crippen MR) is 50.5 cm³/mol. The summed E-state index contributed by atoms with van der Waals surface area (Å²) in [5.74, 6) is -0.906. The number of halogens is 1. The summed E-state index contributed by atoms with van der Waals surface area (Å²) in [5.41, 5.74) is 0. The molecule has 13 heavy (non-hydrogen) atoms. The van der Waals surface area contributed by atoms with Gasteiger partial charge in [-0.2, -0.15) is 0 Å². The zero-order chi connectivity index (χ0) is 10.1. The minimum absolute atomic E-state index is 0.0467. The maximum atomic E-state index is 12.9. The average Bonchev–Trinajstić information content (AvgIpc) is 2.09. The summed E-state index contributed by atoms with van der Waals surface area (Å²) in [5, 5.41) is 8.31. The monoisotopic (exact) mass is 190 g/mol. The Morgan fingerprint density at radius 1 is 1.31 bits per heavy atom. The molecule has 0 bridgehead atoms. The van der Waals surface area contributed by atoms with Crippen LogP contribution in [0.2, 0.25) is 0 Å². The van der Waals surface area contributed by atoms with Crippen LogP contribution in [0.4, 0.5) is 4.39 Å². The van der Waals surface area contributed by atoms with Gasteiger partial charge in [0.1, 0.15) is 6.17 Å². The van der Waals surface area contributed by atoms with Gasteiger partial charge in [0, 0.05) is 6.42 Å². The third-order valence-corrected chi connectivity index (χ3v) is 2.04. The van der Waals surface area contributed by atoms with Crippen LogP contribution in [0.5, 0.6) is 0 Å². The Bertz CT molecular complexity index is 137. The van der Waals surface area contributed by atoms with Crippen LogP contribution in [-0.4, -0.2) is 17.2 Å². The van der Waals surface area contributed by atoms with Crippen molar-refractivity contribution in [1.82, 2.24) is 0 Å². The highest BCUT2D eigenvalue weighted by Crippen LogP contribution is 2.12. The molecule has 3 heteroatoms. The smallest absolute Gasteiger partial charge is 0.303 e. The van der Waals surface area contributed by atoms with E-state index < -0.39 is 12.1 Å². The molecule has 0 saturated carbocycles. The standard InChI is InChI=1S/C10H19FO2/c1-2-3-4-5-6-9(11)7-8-10(12)13/h9H,2-8H2,1H3,(H,12,13). The van der Waals surface area contributed by atoms with E-state index in [1.54, 1.807) is 0 Å². The number of rotatable bonds is 8. The summed E-state index contributed by atoms with van der Waals surface area (Å²) in [4.78, 5) is 10.1. The number of hydrogen-bond acceptors (Lipinski definition) is 1. The molecule has 0 fully saturated rings. The maximum Gasteiger partial charge on any atom is 0.303 e. The van der Waals surface area contributed by atoms with Crippen LogP contribution >= 0.6 is 0 Å². The summed E-state index contributed by atoms with van der Waals surface area (Å²) in [7, 11) is 0. The lowest BCUT2D eigenvalue weighted by molar-refractivity contribution is -0.137. The van der Waals surface area contributed by atoms with Gasteiger partial charge in [0.15, 0.2) is 0 Å². The molecule has 0 rings (SSSR count). The van der Waals surface area contributed by atoms with Crippen molar-refractivity contribution in [2.45, 2.75) is 58.0 Å². The van der Waals surface area contributed by atoms with Crippen LogP contribution < -0.4 is 0 Å². The maximum absolute atomic E-state index is 12.9. The number of aliphatic carboxylic acids is 1. The lowest BCUT2D eigenvalue weighted by Gasteiger charge is -2.05. The Morgan fingerprint density at radius 2 is 2.00 bits per heavy atom. The van der Waals surface area contributed by atoms with Gasteiger partial charge in [-0.1, -0.05) is 32.6 Å². The quantitative estimate of drug-likeness (QED) is 0.597. The minimum atomic E-state index is -0.923. The van der Waals surface area contributed by atoms with Crippen molar-refractivity contribution in [2.24, 2.45) is 0 Å². The van der Waals surface area contributed by atoms with Gasteiger partial charge < -0.3 is 5.11 Å². The third kappa shape index (κ3) is 9.31. The van der Waals surface area contributed by atoms with E-state index in [-0.39, 0.29) is 12.8 Å². The van der Waals surface area contributed by atoms with Crippen molar-refractivity contribution < 1.29 is 14.3 Å². The van der Waals surface area contributed by atoms with Gasteiger partial charge in [0.2, 0.25) is 0 Å². The highest BCUT2D eigenvalue weighted by molar-refractivity contribution is 5.66. The Kier molecular flexibility index (Phi) is 7.65. The minimum Gasteiger partial charge on any atom is -0.481 e. The van der Waals surface area contributed by atoms with Gasteiger partial charge in [0.25, 0.3) is 0 Å². The summed E-state index contributed by atoms with van der Waals surface area (Å²) in [6.07, 6.45) is 3.95. The average molecular weight is 190 g/mol. The molecule has 0 amide bonds. The van der Waals surface area contributed by atoms with Crippen LogP contribution in [0.25, 0.3) is 0 Å². The fourth-order valence-corrected chi connectivity index (χ4v) is 1.22. The van der Waals surface area contributed by atoms with Crippen molar-refractivity contribution in [1.29, 1.82) is 0 Å². The van der Waals surface area contributed by atoms with E-state index in [1.165, 1.54) is 0 Å². The highest BCUT2D eigenvalue weighted by atomic mass is 19.1. The molecule has 0 aromatic rings. The number of carboxylic acids is 1. The zero-order valence-corrected chi connectivity index (χ0v) is 8.26. The van der Waals surface area contributed by atoms with Crippen LogP contribution in [0.15, 0.2) is 0 Å². The number of unbranched alkanes of at least 4 members (excludes halogenated alkanes) is 3. The van der Waals surface area contributed by atoms with Gasteiger partial charge in [-0.15, -0.1) is 0 Å². The van der Waals surface area contributed by atoms with Gasteiger partial charge in [-0.25, -0.2) is 4.39 Å². The van der Waals surface area contributed by atoms with Crippen LogP contribution in [0, 0.1) is 0 Å². The molecule has 1 atom stereocenters. The summed E-state index contributed by atoms with van der Waals surface area (Å²) < 4.78 is 12.9. The molecule has 0 aliphatic rings. The molecule has 78 valence electrons. The zero-order valence-electron chi connectivity index (χ0n) is 8.26. The van der Waals surface area contributed by atoms with E-state index in [2.05, 4.69) is 6.92 Å². The number of carbonyl (C=O) groups is 1. The normalized spacial score (nSPS) is 12.8. The Labute approximate surface area is 79.1 Å². The van der Waals surface area contributed by atoms with Crippen molar-refractivity contribution in [3.63, 3.8) is 0 Å². The molecule has 0 heterocycles. The van der Waals surface area contributed by atoms with E-state index in [1.807, 2.05) is 0 Å². The number of carboxylic acid groups (broad SMARTS) is 1. The molecular weight excluding hydrogens is 171 g/mol. The Morgan fingerprint density at radius 3 is 2.54 bits per heavy atom. The second kappa shape index (κ2) is 8.02. The summed E-state index contributed by atoms with van der Waals surface area (Å²) in [6.45, 7) is 2.11. The second-order valence-electron chi connectivity index (χ2n) is 3.38. The van der Waals surface area contributed by atoms with Crippen LogP contribution in [0.3, 0.4) is 0 Å². The van der Waals surface area contributed by atoms with Gasteiger partial charge in [-0.3, -0.25) is 4.79 Å². The molecule has 1 N–H and O–H groups in total. The lowest BCUT2D eigenvalue weighted by Crippen LogP contribution is -2.04. The first kappa shape index (κ1) is 12.4. The van der Waals surface area contributed by atoms with E-state index in [9.17, 15) is 9.18 Å². The predicted octanol–water partition coefficient (Wildman–Crippen LogP) is 3.16. The molecule has 0 aromatic heterocycles. The van der Waals surface area contributed by atoms with E-state index in [4.69, 9.17) is 5.11 Å². The SMILES string of the molecule is CCCCCCC(F)CCC(=O)O. The molecule has 0 radical (unpaired) electrons. The molecule has 0 aromatic carbocycles. The molecule has 2 nitrogen and oxygen atoms in total. The van der Waals surface area contributed by atoms with E-state index >= 15 is 0 Å². The highest BCUT2D eigenvalue weighted by Gasteiger charge is 2.08. The first-order valence-corrected chi connectivity index (χ1v) is 5.02. The fraction of sp³-hybridized carbons (Fsp3) is 0.900. The first-order valence-electron chi connectivity index (χ1n) is 5.02. The van der Waals surface area contributed by atoms with Gasteiger partial charge >= 0.3 is 5.97 Å². The van der Waals surface area contributed by atoms with Gasteiger partial charge in [-0.05, 0) is 12.8 Å². The molecule has 0 aliphatic heterocycles. The molecule has 0 saturated heterocycles. The first-order chi connectivity index (χ1) is 6.16. The van der Waals surface area contributed by atoms with Crippen molar-refractivity contribution in [2.75, 3.05) is 0 Å². The lowest BCUT2D eigenvalue weighted by atomic mass is 10.1. The van der Waals surface area contributed by atoms with Gasteiger partial charge in [0.05, 0.1) is 0 Å². The van der Waals surface area contributed by atoms with E-state index in [0.29, 0.717) is 6.42 Å². The summed E-state index contributed by atoms with van der Waals surface area (Å²) >= 11 is 0. The number of alkyl halides is 1. The second-order valence-corrected chi connectivity index (χ2v) is 3.38. The van der Waals surface area contributed by atoms with E-state index in [0.717, 1.165) is 25.7 Å². The van der Waals surface area contributed by atoms with Crippen LogP contribution in [-0.2, 0) is 4.79 Å². The Balaban J connectivity index is 3.19. The molecule has 0 spiro atoms. The van der Waals surface area contributed by atoms with Crippen molar-refractivity contribution >= 4 is 5.97 Å². The molecular formula is C10H19FO2. The molecule has 0 aliphatic carbocycles. The van der Waals surface area contributed by atoms with Crippen LogP contribution in [0.1, 0.15) is 51.9 Å². The third-order valence-electron chi connectivity index (χ3n) is 2.04. The fourth-order valence-electron chi connectivity index (χ4n) is 1.22. The topological polar surface area (TPSA) is 37.3 Å². The largest absolute Gasteiger partial charge is 0.481 e. The van der Waals surface area contributed by atoms with Crippen molar-refractivity contribution in [3.05, 3.63) is 0 Å². The van der Waals surface area contributed by atoms with Crippen molar-refractivity contribution in [3.8, 4) is 0 Å².